The number of unbranched alkanes of at least 4 members (excludes halogenated alkanes) is 1. The predicted octanol–water partition coefficient (Wildman–Crippen LogP) is 5.02. The van der Waals surface area contributed by atoms with Gasteiger partial charge in [0, 0.05) is 6.42 Å². The fraction of sp³-hybridized carbons (Fsp3) is 0.625. The van der Waals surface area contributed by atoms with Gasteiger partial charge in [-0.05, 0) is 56.6 Å². The molecule has 0 aromatic carbocycles. The van der Waals surface area contributed by atoms with E-state index in [1.807, 2.05) is 6.92 Å². The van der Waals surface area contributed by atoms with E-state index in [9.17, 15) is 9.90 Å². The minimum Gasteiger partial charge on any atom is -0.481 e. The van der Waals surface area contributed by atoms with E-state index >= 15 is 0 Å². The van der Waals surface area contributed by atoms with Crippen LogP contribution in [0.5, 0.6) is 0 Å². The maximum atomic E-state index is 10.2. The molecule has 1 saturated carbocycles. The van der Waals surface area contributed by atoms with Gasteiger partial charge in [0.05, 0.1) is 12.2 Å². The van der Waals surface area contributed by atoms with Crippen molar-refractivity contribution in [3.05, 3.63) is 36.0 Å². The molecule has 1 atom stereocenters. The number of hydrogen-bond donors (Lipinski definition) is 3. The minimum atomic E-state index is -0.875. The smallest absolute Gasteiger partial charge is 0.303 e. The fourth-order valence-corrected chi connectivity index (χ4v) is 3.05. The molecule has 0 bridgehead atoms. The third-order valence-corrected chi connectivity index (χ3v) is 4.82. The molecule has 1 aliphatic carbocycles. The van der Waals surface area contributed by atoms with E-state index < -0.39 is 11.6 Å². The number of carboxylic acid groups (broad SMARTS) is 1. The summed E-state index contributed by atoms with van der Waals surface area (Å²) in [5.74, 6) is 2.21. The number of aliphatic hydroxyl groups is 2. The highest BCUT2D eigenvalue weighted by Crippen LogP contribution is 2.26. The van der Waals surface area contributed by atoms with Gasteiger partial charge in [0.15, 0.2) is 0 Å². The molecule has 4 heteroatoms. The van der Waals surface area contributed by atoms with Crippen molar-refractivity contribution in [1.82, 2.24) is 0 Å². The zero-order valence-electron chi connectivity index (χ0n) is 17.6. The molecular formula is C24H38O4. The Labute approximate surface area is 171 Å². The maximum Gasteiger partial charge on any atom is 0.303 e. The highest BCUT2D eigenvalue weighted by molar-refractivity contribution is 5.67. The number of aliphatic hydroxyl groups excluding tert-OH is 1. The monoisotopic (exact) mass is 390 g/mol. The Hall–Kier alpha value is -1.83. The van der Waals surface area contributed by atoms with Gasteiger partial charge in [0.1, 0.15) is 0 Å². The molecule has 4 nitrogen and oxygen atoms in total. The Bertz CT molecular complexity index is 543. The molecule has 3 N–H and O–H groups in total. The second kappa shape index (κ2) is 16.2. The molecule has 0 heterocycles. The Kier molecular flexibility index (Phi) is 15.1. The predicted molar refractivity (Wildman–Crippen MR) is 116 cm³/mol. The van der Waals surface area contributed by atoms with Crippen molar-refractivity contribution in [3.63, 3.8) is 0 Å². The quantitative estimate of drug-likeness (QED) is 0.263. The van der Waals surface area contributed by atoms with E-state index in [1.54, 1.807) is 12.2 Å². The molecule has 0 saturated heterocycles. The Morgan fingerprint density at radius 2 is 1.96 bits per heavy atom. The van der Waals surface area contributed by atoms with E-state index in [-0.39, 0.29) is 13.0 Å². The minimum absolute atomic E-state index is 0.0241. The maximum absolute atomic E-state index is 10.2. The van der Waals surface area contributed by atoms with Crippen LogP contribution in [0.15, 0.2) is 36.0 Å². The lowest BCUT2D eigenvalue weighted by molar-refractivity contribution is -0.136. The van der Waals surface area contributed by atoms with Gasteiger partial charge in [-0.25, -0.2) is 0 Å². The number of allylic oxidation sites excluding steroid dienone is 4. The number of aliphatic carboxylic acids is 1. The summed E-state index contributed by atoms with van der Waals surface area (Å²) in [6, 6.07) is 0. The summed E-state index contributed by atoms with van der Waals surface area (Å²) in [4.78, 5) is 10.2. The van der Waals surface area contributed by atoms with Gasteiger partial charge in [-0.3, -0.25) is 4.79 Å². The lowest BCUT2D eigenvalue weighted by Crippen LogP contribution is -2.22. The van der Waals surface area contributed by atoms with Gasteiger partial charge in [-0.2, -0.15) is 0 Å². The Morgan fingerprint density at radius 3 is 2.50 bits per heavy atom. The molecule has 1 rings (SSSR count). The topological polar surface area (TPSA) is 77.8 Å². The average Bonchev–Trinajstić information content (AvgIpc) is 3.16. The Balaban J connectivity index is 0.000000528. The van der Waals surface area contributed by atoms with Crippen molar-refractivity contribution in [2.24, 2.45) is 5.92 Å². The largest absolute Gasteiger partial charge is 0.481 e. The molecular weight excluding hydrogens is 352 g/mol. The molecule has 28 heavy (non-hydrogen) atoms. The van der Waals surface area contributed by atoms with E-state index in [1.165, 1.54) is 38.2 Å². The van der Waals surface area contributed by atoms with E-state index in [4.69, 9.17) is 16.6 Å². The second-order valence-electron chi connectivity index (χ2n) is 7.68. The molecule has 0 aromatic rings. The van der Waals surface area contributed by atoms with Crippen molar-refractivity contribution in [1.29, 1.82) is 0 Å². The first-order valence-electron chi connectivity index (χ1n) is 10.4. The van der Waals surface area contributed by atoms with Crippen LogP contribution in [-0.4, -0.2) is 33.5 Å². The summed E-state index contributed by atoms with van der Waals surface area (Å²) in [5.41, 5.74) is 0.180. The molecule has 0 aliphatic heterocycles. The average molecular weight is 391 g/mol. The van der Waals surface area contributed by atoms with Crippen LogP contribution in [0.25, 0.3) is 0 Å². The molecule has 1 aliphatic rings. The summed E-state index contributed by atoms with van der Waals surface area (Å²) in [6.07, 6.45) is 24.1. The number of terminal acetylenes is 1. The highest BCUT2D eigenvalue weighted by atomic mass is 16.4. The van der Waals surface area contributed by atoms with Crippen molar-refractivity contribution < 1.29 is 20.1 Å². The third-order valence-electron chi connectivity index (χ3n) is 4.82. The second-order valence-corrected chi connectivity index (χ2v) is 7.68. The molecule has 1 unspecified atom stereocenters. The normalized spacial score (nSPS) is 17.3. The van der Waals surface area contributed by atoms with E-state index in [0.717, 1.165) is 25.2 Å². The zero-order chi connectivity index (χ0) is 21.3. The van der Waals surface area contributed by atoms with Crippen LogP contribution in [-0.2, 0) is 4.79 Å². The van der Waals surface area contributed by atoms with Crippen LogP contribution >= 0.6 is 0 Å². The molecule has 0 spiro atoms. The van der Waals surface area contributed by atoms with Crippen LogP contribution in [0.4, 0.5) is 0 Å². The van der Waals surface area contributed by atoms with E-state index in [2.05, 4.69) is 25.0 Å². The lowest BCUT2D eigenvalue weighted by Gasteiger charge is -2.21. The first-order valence-corrected chi connectivity index (χ1v) is 10.4. The number of carbonyl (C=O) groups is 1. The molecule has 158 valence electrons. The molecule has 0 radical (unpaired) electrons. The number of rotatable bonds is 11. The van der Waals surface area contributed by atoms with Crippen LogP contribution < -0.4 is 0 Å². The van der Waals surface area contributed by atoms with Gasteiger partial charge < -0.3 is 15.3 Å². The summed E-state index contributed by atoms with van der Waals surface area (Å²) in [5, 5.41) is 27.2. The highest BCUT2D eigenvalue weighted by Gasteiger charge is 2.18. The first-order chi connectivity index (χ1) is 13.3. The molecule has 1 fully saturated rings. The summed E-state index contributed by atoms with van der Waals surface area (Å²) < 4.78 is 0. The Morgan fingerprint density at radius 1 is 1.29 bits per heavy atom. The molecule has 0 aromatic heterocycles. The first kappa shape index (κ1) is 26.2. The van der Waals surface area contributed by atoms with Crippen LogP contribution in [0.1, 0.15) is 78.1 Å². The standard InChI is InChI=1S/C14H26O.C10H12O3/c1-3-4-11-14(2,15)12-7-10-13-8-5-6-9-13;1-2-3-4-5-9(8-11)6-7-10(12)13/h7,10,13,15H,3-6,8-9,11-12H2,1-2H3;1,3-5,11H,6-8H2,(H,12,13)/b10-7+;4-3-,9-5-. The van der Waals surface area contributed by atoms with Gasteiger partial charge in [-0.15, -0.1) is 6.42 Å². The van der Waals surface area contributed by atoms with Crippen LogP contribution in [0, 0.1) is 18.3 Å². The van der Waals surface area contributed by atoms with Gasteiger partial charge in [0.25, 0.3) is 0 Å². The van der Waals surface area contributed by atoms with Crippen molar-refractivity contribution in [2.75, 3.05) is 6.61 Å². The number of hydrogen-bond acceptors (Lipinski definition) is 3. The van der Waals surface area contributed by atoms with Crippen LogP contribution in [0.3, 0.4) is 0 Å². The third kappa shape index (κ3) is 15.2. The lowest BCUT2D eigenvalue weighted by atomic mass is 9.94. The van der Waals surface area contributed by atoms with Gasteiger partial charge in [0.2, 0.25) is 0 Å². The summed E-state index contributed by atoms with van der Waals surface area (Å²) in [6.45, 7) is 3.99. The van der Waals surface area contributed by atoms with Gasteiger partial charge in [-0.1, -0.05) is 62.8 Å². The van der Waals surface area contributed by atoms with Crippen molar-refractivity contribution in [2.45, 2.75) is 83.7 Å². The van der Waals surface area contributed by atoms with Gasteiger partial charge >= 0.3 is 5.97 Å². The van der Waals surface area contributed by atoms with E-state index in [0.29, 0.717) is 12.0 Å². The van der Waals surface area contributed by atoms with Crippen molar-refractivity contribution >= 4 is 5.97 Å². The fourth-order valence-electron chi connectivity index (χ4n) is 3.05. The summed E-state index contributed by atoms with van der Waals surface area (Å²) >= 11 is 0. The zero-order valence-corrected chi connectivity index (χ0v) is 17.6. The van der Waals surface area contributed by atoms with Crippen molar-refractivity contribution in [3.8, 4) is 12.3 Å². The number of carboxylic acids is 1. The molecule has 0 amide bonds. The SMILES string of the molecule is C#C/C=C\C=C(/CO)CCC(=O)O.CCCCC(C)(O)C/C=C/C1CCCC1. The van der Waals surface area contributed by atoms with Crippen LogP contribution in [0.2, 0.25) is 0 Å². The summed E-state index contributed by atoms with van der Waals surface area (Å²) in [7, 11) is 0.